The number of piperazine rings is 1. The Labute approximate surface area is 135 Å². The number of imidazole rings is 1. The van der Waals surface area contributed by atoms with E-state index in [0.717, 1.165) is 11.1 Å². The fourth-order valence-corrected chi connectivity index (χ4v) is 3.85. The zero-order chi connectivity index (χ0) is 16.6. The number of aromatic nitrogens is 2. The number of pyridine rings is 1. The van der Waals surface area contributed by atoms with E-state index in [1.54, 1.807) is 18.2 Å². The molecule has 2 aromatic rings. The number of carbonyl (C=O) groups excluding carboxylic acids is 1. The SMILES string of the molecule is CCS(=O)(=O)N1CCN(C(=O)c2ncn3ccc(C)cc23)CC1. The average molecular weight is 336 g/mol. The summed E-state index contributed by atoms with van der Waals surface area (Å²) in [6.07, 6.45) is 3.50. The highest BCUT2D eigenvalue weighted by Gasteiger charge is 2.29. The molecule has 0 N–H and O–H groups in total. The van der Waals surface area contributed by atoms with Gasteiger partial charge in [-0.1, -0.05) is 0 Å². The normalized spacial score (nSPS) is 16.9. The van der Waals surface area contributed by atoms with Crippen molar-refractivity contribution in [1.82, 2.24) is 18.6 Å². The largest absolute Gasteiger partial charge is 0.335 e. The van der Waals surface area contributed by atoms with E-state index in [1.165, 1.54) is 4.31 Å². The molecule has 0 aliphatic carbocycles. The van der Waals surface area contributed by atoms with E-state index in [2.05, 4.69) is 4.98 Å². The van der Waals surface area contributed by atoms with Crippen LogP contribution in [0.5, 0.6) is 0 Å². The molecule has 2 aromatic heterocycles. The summed E-state index contributed by atoms with van der Waals surface area (Å²) in [7, 11) is -3.19. The van der Waals surface area contributed by atoms with E-state index in [4.69, 9.17) is 0 Å². The monoisotopic (exact) mass is 336 g/mol. The molecule has 1 saturated heterocycles. The van der Waals surface area contributed by atoms with Gasteiger partial charge in [0.25, 0.3) is 5.91 Å². The summed E-state index contributed by atoms with van der Waals surface area (Å²) < 4.78 is 27.0. The molecule has 1 aliphatic rings. The molecule has 0 aromatic carbocycles. The molecule has 0 radical (unpaired) electrons. The predicted octanol–water partition coefficient (Wildman–Crippen LogP) is 0.750. The van der Waals surface area contributed by atoms with Gasteiger partial charge in [-0.3, -0.25) is 4.79 Å². The second-order valence-corrected chi connectivity index (χ2v) is 7.94. The molecule has 0 atom stereocenters. The molecule has 0 bridgehead atoms. The number of amides is 1. The molecule has 0 saturated carbocycles. The Morgan fingerprint density at radius 2 is 1.96 bits per heavy atom. The summed E-state index contributed by atoms with van der Waals surface area (Å²) in [5.41, 5.74) is 2.25. The van der Waals surface area contributed by atoms with Crippen molar-refractivity contribution in [3.05, 3.63) is 35.9 Å². The van der Waals surface area contributed by atoms with E-state index < -0.39 is 10.0 Å². The quantitative estimate of drug-likeness (QED) is 0.829. The fraction of sp³-hybridized carbons (Fsp3) is 0.467. The summed E-state index contributed by atoms with van der Waals surface area (Å²) in [6, 6.07) is 3.88. The first-order chi connectivity index (χ1) is 10.9. The molecular weight excluding hydrogens is 316 g/mol. The van der Waals surface area contributed by atoms with Crippen molar-refractivity contribution in [2.24, 2.45) is 0 Å². The summed E-state index contributed by atoms with van der Waals surface area (Å²) >= 11 is 0. The van der Waals surface area contributed by atoms with Crippen molar-refractivity contribution < 1.29 is 13.2 Å². The molecule has 23 heavy (non-hydrogen) atoms. The van der Waals surface area contributed by atoms with Gasteiger partial charge in [0.1, 0.15) is 6.33 Å². The zero-order valence-electron chi connectivity index (χ0n) is 13.3. The third-order valence-electron chi connectivity index (χ3n) is 4.18. The van der Waals surface area contributed by atoms with Crippen LogP contribution < -0.4 is 0 Å². The zero-order valence-corrected chi connectivity index (χ0v) is 14.1. The Morgan fingerprint density at radius 3 is 2.61 bits per heavy atom. The number of sulfonamides is 1. The molecule has 3 rings (SSSR count). The molecule has 8 heteroatoms. The maximum Gasteiger partial charge on any atom is 0.274 e. The highest BCUT2D eigenvalue weighted by molar-refractivity contribution is 7.89. The van der Waals surface area contributed by atoms with Crippen molar-refractivity contribution in [3.63, 3.8) is 0 Å². The van der Waals surface area contributed by atoms with Gasteiger partial charge in [-0.2, -0.15) is 4.31 Å². The maximum atomic E-state index is 12.7. The van der Waals surface area contributed by atoms with Crippen molar-refractivity contribution in [1.29, 1.82) is 0 Å². The van der Waals surface area contributed by atoms with Crippen molar-refractivity contribution in [2.75, 3.05) is 31.9 Å². The van der Waals surface area contributed by atoms with Gasteiger partial charge in [0.15, 0.2) is 5.69 Å². The van der Waals surface area contributed by atoms with Crippen LogP contribution >= 0.6 is 0 Å². The summed E-state index contributed by atoms with van der Waals surface area (Å²) in [5.74, 6) is -0.0574. The van der Waals surface area contributed by atoms with Crippen LogP contribution in [0.3, 0.4) is 0 Å². The molecule has 1 fully saturated rings. The average Bonchev–Trinajstić information content (AvgIpc) is 2.97. The Kier molecular flexibility index (Phi) is 4.11. The Hall–Kier alpha value is -1.93. The summed E-state index contributed by atoms with van der Waals surface area (Å²) in [4.78, 5) is 18.6. The molecule has 1 aliphatic heterocycles. The number of fused-ring (bicyclic) bond motifs is 1. The van der Waals surface area contributed by atoms with Crippen LogP contribution in [0.25, 0.3) is 5.52 Å². The molecule has 0 unspecified atom stereocenters. The van der Waals surface area contributed by atoms with Gasteiger partial charge in [-0.05, 0) is 31.5 Å². The van der Waals surface area contributed by atoms with Crippen LogP contribution in [0.4, 0.5) is 0 Å². The summed E-state index contributed by atoms with van der Waals surface area (Å²) in [6.45, 7) is 5.06. The number of carbonyl (C=O) groups is 1. The second-order valence-electron chi connectivity index (χ2n) is 5.68. The molecule has 3 heterocycles. The first-order valence-electron chi connectivity index (χ1n) is 7.63. The lowest BCUT2D eigenvalue weighted by Crippen LogP contribution is -2.51. The molecule has 124 valence electrons. The smallest absolute Gasteiger partial charge is 0.274 e. The van der Waals surface area contributed by atoms with Crippen LogP contribution in [0.15, 0.2) is 24.7 Å². The number of nitrogens with zero attached hydrogens (tertiary/aromatic N) is 4. The third-order valence-corrected chi connectivity index (χ3v) is 6.06. The first-order valence-corrected chi connectivity index (χ1v) is 9.23. The highest BCUT2D eigenvalue weighted by Crippen LogP contribution is 2.16. The Morgan fingerprint density at radius 1 is 1.26 bits per heavy atom. The first kappa shape index (κ1) is 15.9. The van der Waals surface area contributed by atoms with Gasteiger partial charge in [0.2, 0.25) is 10.0 Å². The van der Waals surface area contributed by atoms with Gasteiger partial charge in [-0.25, -0.2) is 13.4 Å². The third kappa shape index (κ3) is 2.96. The minimum atomic E-state index is -3.19. The number of hydrogen-bond donors (Lipinski definition) is 0. The van der Waals surface area contributed by atoms with Gasteiger partial charge in [-0.15, -0.1) is 0 Å². The maximum absolute atomic E-state index is 12.7. The van der Waals surface area contributed by atoms with Gasteiger partial charge >= 0.3 is 0 Å². The van der Waals surface area contributed by atoms with E-state index in [9.17, 15) is 13.2 Å². The lowest BCUT2D eigenvalue weighted by Gasteiger charge is -2.33. The number of rotatable bonds is 3. The highest BCUT2D eigenvalue weighted by atomic mass is 32.2. The fourth-order valence-electron chi connectivity index (χ4n) is 2.76. The van der Waals surface area contributed by atoms with E-state index in [0.29, 0.717) is 31.9 Å². The van der Waals surface area contributed by atoms with E-state index in [1.807, 2.05) is 29.7 Å². The van der Waals surface area contributed by atoms with Crippen molar-refractivity contribution >= 4 is 21.4 Å². The molecular formula is C15H20N4O3S. The van der Waals surface area contributed by atoms with Crippen LogP contribution in [-0.4, -0.2) is 64.8 Å². The lowest BCUT2D eigenvalue weighted by molar-refractivity contribution is 0.0694. The summed E-state index contributed by atoms with van der Waals surface area (Å²) in [5, 5.41) is 0. The minimum Gasteiger partial charge on any atom is -0.335 e. The van der Waals surface area contributed by atoms with Crippen LogP contribution in [0.1, 0.15) is 23.0 Å². The molecule has 1 amide bonds. The number of hydrogen-bond acceptors (Lipinski definition) is 4. The van der Waals surface area contributed by atoms with Gasteiger partial charge in [0.05, 0.1) is 11.3 Å². The van der Waals surface area contributed by atoms with Crippen LogP contribution in [0.2, 0.25) is 0 Å². The van der Waals surface area contributed by atoms with Crippen molar-refractivity contribution in [3.8, 4) is 0 Å². The van der Waals surface area contributed by atoms with Gasteiger partial charge in [0, 0.05) is 32.4 Å². The van der Waals surface area contributed by atoms with E-state index in [-0.39, 0.29) is 11.7 Å². The minimum absolute atomic E-state index is 0.0892. The van der Waals surface area contributed by atoms with Crippen LogP contribution in [-0.2, 0) is 10.0 Å². The second kappa shape index (κ2) is 5.93. The predicted molar refractivity (Wildman–Crippen MR) is 86.9 cm³/mol. The Balaban J connectivity index is 1.78. The standard InChI is InChI=1S/C15H20N4O3S/c1-3-23(21,22)19-8-6-17(7-9-19)15(20)14-13-10-12(2)4-5-18(13)11-16-14/h4-5,10-11H,3,6-9H2,1-2H3. The molecule has 0 spiro atoms. The molecule has 7 nitrogen and oxygen atoms in total. The number of aryl methyl sites for hydroxylation is 1. The van der Waals surface area contributed by atoms with Gasteiger partial charge < -0.3 is 9.30 Å². The van der Waals surface area contributed by atoms with Crippen molar-refractivity contribution in [2.45, 2.75) is 13.8 Å². The Bertz CT molecular complexity index is 836. The lowest BCUT2D eigenvalue weighted by atomic mass is 10.2. The van der Waals surface area contributed by atoms with E-state index >= 15 is 0 Å². The van der Waals surface area contributed by atoms with Crippen LogP contribution in [0, 0.1) is 6.92 Å². The topological polar surface area (TPSA) is 75.0 Å².